The van der Waals surface area contributed by atoms with Crippen molar-refractivity contribution in [2.75, 3.05) is 6.54 Å². The van der Waals surface area contributed by atoms with E-state index in [0.717, 1.165) is 25.8 Å². The number of aliphatic hydroxyl groups is 1. The summed E-state index contributed by atoms with van der Waals surface area (Å²) < 4.78 is 13.8. The molecule has 1 saturated carbocycles. The predicted octanol–water partition coefficient (Wildman–Crippen LogP) is 3.69. The summed E-state index contributed by atoms with van der Waals surface area (Å²) in [6, 6.07) is 5.15. The van der Waals surface area contributed by atoms with Crippen LogP contribution in [0, 0.1) is 5.82 Å². The molecule has 20 heavy (non-hydrogen) atoms. The first-order chi connectivity index (χ1) is 9.54. The van der Waals surface area contributed by atoms with Gasteiger partial charge in [-0.15, -0.1) is 0 Å². The van der Waals surface area contributed by atoms with Crippen LogP contribution in [-0.4, -0.2) is 23.3 Å². The molecule has 0 unspecified atom stereocenters. The van der Waals surface area contributed by atoms with Crippen LogP contribution in [0.3, 0.4) is 0 Å². The van der Waals surface area contributed by atoms with Crippen molar-refractivity contribution >= 4 is 11.6 Å². The standard InChI is InChI=1S/C16H23ClFNO/c1-2-10-19-12-6-8-16(20,9-7-12)11-13-14(17)4-3-5-15(13)18/h3-5,12,19-20H,2,6-11H2,1H3. The molecule has 0 aliphatic heterocycles. The summed E-state index contributed by atoms with van der Waals surface area (Å²) in [5.41, 5.74) is -0.382. The third kappa shape index (κ3) is 3.94. The van der Waals surface area contributed by atoms with Gasteiger partial charge in [-0.3, -0.25) is 0 Å². The molecule has 1 aromatic carbocycles. The van der Waals surface area contributed by atoms with Crippen LogP contribution < -0.4 is 5.32 Å². The lowest BCUT2D eigenvalue weighted by atomic mass is 9.78. The molecule has 0 radical (unpaired) electrons. The van der Waals surface area contributed by atoms with E-state index in [9.17, 15) is 9.50 Å². The van der Waals surface area contributed by atoms with Crippen molar-refractivity contribution in [1.29, 1.82) is 0 Å². The first-order valence-corrected chi connectivity index (χ1v) is 7.80. The largest absolute Gasteiger partial charge is 0.390 e. The Kier molecular flexibility index (Phi) is 5.42. The molecule has 1 aliphatic carbocycles. The molecule has 0 amide bonds. The molecule has 2 N–H and O–H groups in total. The van der Waals surface area contributed by atoms with Gasteiger partial charge in [-0.2, -0.15) is 0 Å². The van der Waals surface area contributed by atoms with Gasteiger partial charge in [0.25, 0.3) is 0 Å². The van der Waals surface area contributed by atoms with E-state index in [-0.39, 0.29) is 5.82 Å². The van der Waals surface area contributed by atoms with Crippen molar-refractivity contribution < 1.29 is 9.50 Å². The normalized spacial score (nSPS) is 26.7. The van der Waals surface area contributed by atoms with Gasteiger partial charge in [0.15, 0.2) is 0 Å². The van der Waals surface area contributed by atoms with Gasteiger partial charge in [0.05, 0.1) is 5.60 Å². The molecule has 0 aromatic heterocycles. The molecule has 2 nitrogen and oxygen atoms in total. The van der Waals surface area contributed by atoms with Gasteiger partial charge in [-0.1, -0.05) is 24.6 Å². The quantitative estimate of drug-likeness (QED) is 0.869. The average molecular weight is 300 g/mol. The van der Waals surface area contributed by atoms with Crippen molar-refractivity contribution in [1.82, 2.24) is 5.32 Å². The Bertz CT molecular complexity index is 424. The second-order valence-electron chi connectivity index (χ2n) is 5.83. The number of hydrogen-bond acceptors (Lipinski definition) is 2. The van der Waals surface area contributed by atoms with E-state index in [1.165, 1.54) is 6.07 Å². The highest BCUT2D eigenvalue weighted by Gasteiger charge is 2.34. The fourth-order valence-corrected chi connectivity index (χ4v) is 3.14. The summed E-state index contributed by atoms with van der Waals surface area (Å²) in [7, 11) is 0. The second-order valence-corrected chi connectivity index (χ2v) is 6.24. The lowest BCUT2D eigenvalue weighted by Gasteiger charge is -2.36. The third-order valence-corrected chi connectivity index (χ3v) is 4.52. The second kappa shape index (κ2) is 6.88. The maximum Gasteiger partial charge on any atom is 0.127 e. The van der Waals surface area contributed by atoms with Crippen LogP contribution in [0.2, 0.25) is 5.02 Å². The molecule has 0 spiro atoms. The maximum atomic E-state index is 13.8. The van der Waals surface area contributed by atoms with Gasteiger partial charge < -0.3 is 10.4 Å². The van der Waals surface area contributed by atoms with Crippen LogP contribution in [0.5, 0.6) is 0 Å². The first kappa shape index (κ1) is 15.7. The van der Waals surface area contributed by atoms with E-state index >= 15 is 0 Å². The molecule has 4 heteroatoms. The molecule has 2 rings (SSSR count). The average Bonchev–Trinajstić information content (AvgIpc) is 2.43. The fourth-order valence-electron chi connectivity index (χ4n) is 2.91. The number of halogens is 2. The van der Waals surface area contributed by atoms with Crippen LogP contribution in [0.15, 0.2) is 18.2 Å². The SMILES string of the molecule is CCCNC1CCC(O)(Cc2c(F)cccc2Cl)CC1. The molecule has 112 valence electrons. The zero-order chi connectivity index (χ0) is 14.6. The Balaban J connectivity index is 1.96. The monoisotopic (exact) mass is 299 g/mol. The molecule has 0 bridgehead atoms. The highest BCUT2D eigenvalue weighted by Crippen LogP contribution is 2.34. The molecule has 1 fully saturated rings. The van der Waals surface area contributed by atoms with E-state index in [1.54, 1.807) is 12.1 Å². The molecule has 0 heterocycles. The Hall–Kier alpha value is -0.640. The Morgan fingerprint density at radius 1 is 1.40 bits per heavy atom. The Labute approximate surface area is 125 Å². The minimum atomic E-state index is -0.823. The lowest BCUT2D eigenvalue weighted by Crippen LogP contribution is -2.43. The van der Waals surface area contributed by atoms with Gasteiger partial charge in [-0.05, 0) is 50.8 Å². The van der Waals surface area contributed by atoms with Crippen LogP contribution in [0.25, 0.3) is 0 Å². The van der Waals surface area contributed by atoms with Crippen LogP contribution in [0.4, 0.5) is 4.39 Å². The van der Waals surface area contributed by atoms with Crippen molar-refractivity contribution in [3.05, 3.63) is 34.6 Å². The van der Waals surface area contributed by atoms with Gasteiger partial charge >= 0.3 is 0 Å². The van der Waals surface area contributed by atoms with Crippen LogP contribution in [-0.2, 0) is 6.42 Å². The number of rotatable bonds is 5. The Morgan fingerprint density at radius 3 is 2.70 bits per heavy atom. The molecule has 0 atom stereocenters. The highest BCUT2D eigenvalue weighted by atomic mass is 35.5. The maximum absolute atomic E-state index is 13.8. The van der Waals surface area contributed by atoms with Crippen LogP contribution >= 0.6 is 11.6 Å². The van der Waals surface area contributed by atoms with E-state index in [1.807, 2.05) is 0 Å². The molecule has 1 aliphatic rings. The first-order valence-electron chi connectivity index (χ1n) is 7.43. The zero-order valence-electron chi connectivity index (χ0n) is 12.0. The predicted molar refractivity (Wildman–Crippen MR) is 80.6 cm³/mol. The van der Waals surface area contributed by atoms with Gasteiger partial charge in [0, 0.05) is 23.0 Å². The van der Waals surface area contributed by atoms with E-state index < -0.39 is 5.60 Å². The van der Waals surface area contributed by atoms with E-state index in [2.05, 4.69) is 12.2 Å². The third-order valence-electron chi connectivity index (χ3n) is 4.17. The molecule has 1 aromatic rings. The summed E-state index contributed by atoms with van der Waals surface area (Å²) in [5, 5.41) is 14.6. The van der Waals surface area contributed by atoms with Crippen molar-refractivity contribution in [3.8, 4) is 0 Å². The summed E-state index contributed by atoms with van der Waals surface area (Å²) >= 11 is 6.04. The van der Waals surface area contributed by atoms with Crippen LogP contribution in [0.1, 0.15) is 44.6 Å². The summed E-state index contributed by atoms with van der Waals surface area (Å²) in [4.78, 5) is 0. The summed E-state index contributed by atoms with van der Waals surface area (Å²) in [6.07, 6.45) is 4.67. The number of benzene rings is 1. The van der Waals surface area contributed by atoms with Crippen molar-refractivity contribution in [2.24, 2.45) is 0 Å². The van der Waals surface area contributed by atoms with Gasteiger partial charge in [0.1, 0.15) is 5.82 Å². The lowest BCUT2D eigenvalue weighted by molar-refractivity contribution is -0.00369. The fraction of sp³-hybridized carbons (Fsp3) is 0.625. The van der Waals surface area contributed by atoms with Crippen molar-refractivity contribution in [3.63, 3.8) is 0 Å². The molecular formula is C16H23ClFNO. The topological polar surface area (TPSA) is 32.3 Å². The minimum Gasteiger partial charge on any atom is -0.390 e. The Morgan fingerprint density at radius 2 is 2.10 bits per heavy atom. The van der Waals surface area contributed by atoms with Gasteiger partial charge in [0.2, 0.25) is 0 Å². The minimum absolute atomic E-state index is 0.305. The zero-order valence-corrected chi connectivity index (χ0v) is 12.7. The van der Waals surface area contributed by atoms with Crippen molar-refractivity contribution in [2.45, 2.75) is 57.1 Å². The summed E-state index contributed by atoms with van der Waals surface area (Å²) in [5.74, 6) is -0.322. The highest BCUT2D eigenvalue weighted by molar-refractivity contribution is 6.31. The number of nitrogens with one attached hydrogen (secondary N) is 1. The summed E-state index contributed by atoms with van der Waals surface area (Å²) in [6.45, 7) is 3.16. The smallest absolute Gasteiger partial charge is 0.127 e. The van der Waals surface area contributed by atoms with E-state index in [0.29, 0.717) is 35.9 Å². The number of hydrogen-bond donors (Lipinski definition) is 2. The van der Waals surface area contributed by atoms with Gasteiger partial charge in [-0.25, -0.2) is 4.39 Å². The molecular weight excluding hydrogens is 277 g/mol. The van der Waals surface area contributed by atoms with E-state index in [4.69, 9.17) is 11.6 Å². The molecule has 0 saturated heterocycles.